The third-order valence-electron chi connectivity index (χ3n) is 3.99. The maximum Gasteiger partial charge on any atom is 0.309 e. The Morgan fingerprint density at radius 3 is 2.30 bits per heavy atom. The molecule has 4 nitrogen and oxygen atoms in total. The monoisotopic (exact) mass is 318 g/mol. The molecule has 1 unspecified atom stereocenters. The molecular formula is C19H26O4. The lowest BCUT2D eigenvalue weighted by Crippen LogP contribution is -2.14. The van der Waals surface area contributed by atoms with Crippen LogP contribution in [0.5, 0.6) is 0 Å². The third-order valence-corrected chi connectivity index (χ3v) is 3.99. The normalized spacial score (nSPS) is 16.5. The molecule has 1 aromatic rings. The van der Waals surface area contributed by atoms with Gasteiger partial charge in [0.1, 0.15) is 12.1 Å². The molecule has 1 aliphatic rings. The standard InChI is InChI=1S/C11H14O.C8H12O3/c1-8-6-9(2)11(4-5-12)10(3)7-8;1-2-11-8(10)6-3-4-7(9)5-6/h5-7H,4H2,1-3H3;6H,2-5H2,1H3. The highest BCUT2D eigenvalue weighted by molar-refractivity contribution is 5.87. The van der Waals surface area contributed by atoms with E-state index in [2.05, 4.69) is 32.9 Å². The summed E-state index contributed by atoms with van der Waals surface area (Å²) in [6.07, 6.45) is 3.11. The molecule has 0 radical (unpaired) electrons. The van der Waals surface area contributed by atoms with E-state index in [0.717, 1.165) is 6.29 Å². The van der Waals surface area contributed by atoms with Crippen LogP contribution in [0.3, 0.4) is 0 Å². The summed E-state index contributed by atoms with van der Waals surface area (Å²) in [6, 6.07) is 4.23. The highest BCUT2D eigenvalue weighted by atomic mass is 16.5. The van der Waals surface area contributed by atoms with Gasteiger partial charge in [0.05, 0.1) is 12.5 Å². The summed E-state index contributed by atoms with van der Waals surface area (Å²) in [4.78, 5) is 32.1. The van der Waals surface area contributed by atoms with Crippen molar-refractivity contribution in [2.45, 2.75) is 53.4 Å². The number of Topliss-reactive ketones (excluding diaryl/α,β-unsaturated/α-hetero) is 1. The summed E-state index contributed by atoms with van der Waals surface area (Å²) in [6.45, 7) is 8.36. The Morgan fingerprint density at radius 2 is 1.87 bits per heavy atom. The molecule has 0 amide bonds. The zero-order chi connectivity index (χ0) is 17.4. The number of rotatable bonds is 4. The number of carbonyl (C=O) groups excluding carboxylic acids is 3. The maximum atomic E-state index is 11.0. The summed E-state index contributed by atoms with van der Waals surface area (Å²) in [5.41, 5.74) is 4.88. The van der Waals surface area contributed by atoms with Crippen molar-refractivity contribution in [2.75, 3.05) is 6.61 Å². The smallest absolute Gasteiger partial charge is 0.309 e. The highest BCUT2D eigenvalue weighted by Gasteiger charge is 2.28. The lowest BCUT2D eigenvalue weighted by atomic mass is 9.98. The molecule has 0 N–H and O–H groups in total. The van der Waals surface area contributed by atoms with Crippen LogP contribution in [0.25, 0.3) is 0 Å². The van der Waals surface area contributed by atoms with Crippen LogP contribution in [0.2, 0.25) is 0 Å². The Kier molecular flexibility index (Phi) is 7.66. The molecule has 0 spiro atoms. The average molecular weight is 318 g/mol. The second-order valence-corrected chi connectivity index (χ2v) is 5.98. The van der Waals surface area contributed by atoms with Crippen LogP contribution in [-0.2, 0) is 25.5 Å². The number of aryl methyl sites for hydroxylation is 3. The van der Waals surface area contributed by atoms with E-state index >= 15 is 0 Å². The predicted molar refractivity (Wildman–Crippen MR) is 89.4 cm³/mol. The van der Waals surface area contributed by atoms with Crippen LogP contribution in [0.1, 0.15) is 48.4 Å². The van der Waals surface area contributed by atoms with Crippen LogP contribution in [0.15, 0.2) is 12.1 Å². The first-order valence-corrected chi connectivity index (χ1v) is 8.07. The van der Waals surface area contributed by atoms with Crippen molar-refractivity contribution in [1.82, 2.24) is 0 Å². The van der Waals surface area contributed by atoms with E-state index in [0.29, 0.717) is 32.3 Å². The second-order valence-electron chi connectivity index (χ2n) is 5.98. The number of ketones is 1. The first kappa shape index (κ1) is 19.1. The van der Waals surface area contributed by atoms with Gasteiger partial charge in [-0.3, -0.25) is 9.59 Å². The fraction of sp³-hybridized carbons (Fsp3) is 0.526. The van der Waals surface area contributed by atoms with Gasteiger partial charge in [0.15, 0.2) is 0 Å². The SMILES string of the molecule is CCOC(=O)C1CCC(=O)C1.Cc1cc(C)c(CC=O)c(C)c1. The van der Waals surface area contributed by atoms with E-state index in [1.165, 1.54) is 22.3 Å². The lowest BCUT2D eigenvalue weighted by molar-refractivity contribution is -0.148. The van der Waals surface area contributed by atoms with E-state index in [-0.39, 0.29) is 17.7 Å². The van der Waals surface area contributed by atoms with E-state index in [4.69, 9.17) is 4.74 Å². The van der Waals surface area contributed by atoms with Crippen molar-refractivity contribution < 1.29 is 19.1 Å². The maximum absolute atomic E-state index is 11.0. The van der Waals surface area contributed by atoms with Gasteiger partial charge in [0.2, 0.25) is 0 Å². The highest BCUT2D eigenvalue weighted by Crippen LogP contribution is 2.22. The van der Waals surface area contributed by atoms with Crippen molar-refractivity contribution in [3.8, 4) is 0 Å². The van der Waals surface area contributed by atoms with Gasteiger partial charge < -0.3 is 9.53 Å². The molecule has 0 bridgehead atoms. The minimum Gasteiger partial charge on any atom is -0.466 e. The number of hydrogen-bond donors (Lipinski definition) is 0. The average Bonchev–Trinajstić information content (AvgIpc) is 2.90. The van der Waals surface area contributed by atoms with Crippen LogP contribution < -0.4 is 0 Å². The van der Waals surface area contributed by atoms with Gasteiger partial charge in [-0.05, 0) is 50.8 Å². The van der Waals surface area contributed by atoms with Crippen molar-refractivity contribution in [3.63, 3.8) is 0 Å². The molecule has 4 heteroatoms. The number of carbonyl (C=O) groups is 3. The molecule has 2 rings (SSSR count). The molecule has 1 atom stereocenters. The molecular weight excluding hydrogens is 292 g/mol. The molecule has 1 fully saturated rings. The lowest BCUT2D eigenvalue weighted by Gasteiger charge is -2.07. The molecule has 23 heavy (non-hydrogen) atoms. The van der Waals surface area contributed by atoms with Crippen molar-refractivity contribution in [1.29, 1.82) is 0 Å². The van der Waals surface area contributed by atoms with Crippen molar-refractivity contribution >= 4 is 18.0 Å². The fourth-order valence-corrected chi connectivity index (χ4v) is 2.89. The zero-order valence-electron chi connectivity index (χ0n) is 14.5. The fourth-order valence-electron chi connectivity index (χ4n) is 2.89. The second kappa shape index (κ2) is 9.23. The quantitative estimate of drug-likeness (QED) is 0.631. The van der Waals surface area contributed by atoms with Gasteiger partial charge in [-0.2, -0.15) is 0 Å². The molecule has 0 saturated heterocycles. The third kappa shape index (κ3) is 5.97. The molecule has 0 aliphatic heterocycles. The molecule has 0 heterocycles. The van der Waals surface area contributed by atoms with E-state index in [1.54, 1.807) is 6.92 Å². The number of benzene rings is 1. The Balaban J connectivity index is 0.000000231. The predicted octanol–water partition coefficient (Wildman–Crippen LogP) is 3.27. The number of aldehydes is 1. The minimum absolute atomic E-state index is 0.151. The number of esters is 1. The van der Waals surface area contributed by atoms with Gasteiger partial charge >= 0.3 is 5.97 Å². The first-order chi connectivity index (χ1) is 10.9. The molecule has 0 aromatic heterocycles. The molecule has 126 valence electrons. The number of ether oxygens (including phenoxy) is 1. The summed E-state index contributed by atoms with van der Waals surface area (Å²) < 4.78 is 4.78. The van der Waals surface area contributed by atoms with Gasteiger partial charge in [0.25, 0.3) is 0 Å². The summed E-state index contributed by atoms with van der Waals surface area (Å²) in [7, 11) is 0. The molecule has 1 saturated carbocycles. The van der Waals surface area contributed by atoms with E-state index < -0.39 is 0 Å². The summed E-state index contributed by atoms with van der Waals surface area (Å²) >= 11 is 0. The van der Waals surface area contributed by atoms with Crippen LogP contribution in [0.4, 0.5) is 0 Å². The Morgan fingerprint density at radius 1 is 1.26 bits per heavy atom. The van der Waals surface area contributed by atoms with Gasteiger partial charge in [-0.1, -0.05) is 17.7 Å². The summed E-state index contributed by atoms with van der Waals surface area (Å²) in [5, 5.41) is 0. The van der Waals surface area contributed by atoms with Crippen molar-refractivity contribution in [2.24, 2.45) is 5.92 Å². The molecule has 1 aliphatic carbocycles. The van der Waals surface area contributed by atoms with Gasteiger partial charge in [-0.15, -0.1) is 0 Å². The number of hydrogen-bond acceptors (Lipinski definition) is 4. The topological polar surface area (TPSA) is 60.4 Å². The van der Waals surface area contributed by atoms with E-state index in [9.17, 15) is 14.4 Å². The Bertz CT molecular complexity index is 552. The van der Waals surface area contributed by atoms with E-state index in [1.807, 2.05) is 0 Å². The Labute approximate surface area is 138 Å². The van der Waals surface area contributed by atoms with Crippen LogP contribution >= 0.6 is 0 Å². The van der Waals surface area contributed by atoms with Crippen molar-refractivity contribution in [3.05, 3.63) is 34.4 Å². The Hall–Kier alpha value is -1.97. The van der Waals surface area contributed by atoms with Gasteiger partial charge in [-0.25, -0.2) is 0 Å². The summed E-state index contributed by atoms with van der Waals surface area (Å²) in [5.74, 6) is -0.177. The van der Waals surface area contributed by atoms with Gasteiger partial charge in [0, 0.05) is 19.3 Å². The minimum atomic E-state index is -0.210. The largest absolute Gasteiger partial charge is 0.466 e. The molecule has 1 aromatic carbocycles. The zero-order valence-corrected chi connectivity index (χ0v) is 14.5. The van der Waals surface area contributed by atoms with Crippen LogP contribution in [-0.4, -0.2) is 24.6 Å². The first-order valence-electron chi connectivity index (χ1n) is 8.07. The van der Waals surface area contributed by atoms with Crippen LogP contribution in [0, 0.1) is 26.7 Å².